The molecule has 2 saturated heterocycles. The minimum absolute atomic E-state index is 0.203. The first-order chi connectivity index (χ1) is 13.2. The number of aliphatic hydroxyl groups excluding tert-OH is 1. The van der Waals surface area contributed by atoms with Gasteiger partial charge < -0.3 is 25.4 Å². The van der Waals surface area contributed by atoms with Crippen LogP contribution in [0, 0.1) is 5.92 Å². The molecule has 2 aromatic heterocycles. The number of rotatable bonds is 4. The van der Waals surface area contributed by atoms with Crippen LogP contribution >= 0.6 is 0 Å². The molecule has 2 fully saturated rings. The molecule has 2 aliphatic heterocycles. The number of nitrogens with zero attached hydrogens (tertiary/aromatic N) is 5. The van der Waals surface area contributed by atoms with Crippen LogP contribution < -0.4 is 15.5 Å². The van der Waals surface area contributed by atoms with Crippen molar-refractivity contribution in [2.75, 3.05) is 54.9 Å². The van der Waals surface area contributed by atoms with E-state index < -0.39 is 6.10 Å². The summed E-state index contributed by atoms with van der Waals surface area (Å²) in [5, 5.41) is 10.6. The van der Waals surface area contributed by atoms with Crippen molar-refractivity contribution in [1.82, 2.24) is 15.0 Å². The zero-order valence-electron chi connectivity index (χ0n) is 15.4. The lowest BCUT2D eigenvalue weighted by Crippen LogP contribution is -2.38. The van der Waals surface area contributed by atoms with Gasteiger partial charge in [-0.05, 0) is 30.9 Å². The lowest BCUT2D eigenvalue weighted by Gasteiger charge is -2.35. The van der Waals surface area contributed by atoms with Crippen LogP contribution in [0.5, 0.6) is 0 Å². The monoisotopic (exact) mass is 370 g/mol. The van der Waals surface area contributed by atoms with Crippen molar-refractivity contribution in [3.63, 3.8) is 0 Å². The zero-order valence-corrected chi connectivity index (χ0v) is 15.4. The second-order valence-electron chi connectivity index (χ2n) is 7.07. The molecule has 4 heterocycles. The Kier molecular flexibility index (Phi) is 5.35. The molecular formula is C19H26N6O2. The van der Waals surface area contributed by atoms with Crippen molar-refractivity contribution in [1.29, 1.82) is 0 Å². The molecule has 3 N–H and O–H groups in total. The molecule has 0 aromatic carbocycles. The fraction of sp³-hybridized carbons (Fsp3) is 0.526. The van der Waals surface area contributed by atoms with Crippen LogP contribution in [0.25, 0.3) is 0 Å². The summed E-state index contributed by atoms with van der Waals surface area (Å²) in [5.41, 5.74) is 6.72. The average Bonchev–Trinajstić information content (AvgIpc) is 2.74. The van der Waals surface area contributed by atoms with E-state index in [1.807, 2.05) is 24.3 Å². The molecule has 0 radical (unpaired) electrons. The summed E-state index contributed by atoms with van der Waals surface area (Å²) in [6, 6.07) is 7.68. The molecule has 0 bridgehead atoms. The molecular weight excluding hydrogens is 344 g/mol. The lowest BCUT2D eigenvalue weighted by atomic mass is 9.89. The summed E-state index contributed by atoms with van der Waals surface area (Å²) in [5.74, 6) is 2.21. The summed E-state index contributed by atoms with van der Waals surface area (Å²) in [7, 11) is 0. The Hall–Kier alpha value is -2.45. The van der Waals surface area contributed by atoms with Gasteiger partial charge in [-0.1, -0.05) is 6.07 Å². The fourth-order valence-electron chi connectivity index (χ4n) is 3.79. The van der Waals surface area contributed by atoms with Crippen molar-refractivity contribution < 1.29 is 9.84 Å². The molecule has 2 aromatic rings. The highest BCUT2D eigenvalue weighted by Gasteiger charge is 2.28. The molecule has 8 heteroatoms. The third-order valence-corrected chi connectivity index (χ3v) is 5.35. The molecule has 144 valence electrons. The fourth-order valence-corrected chi connectivity index (χ4v) is 3.79. The third kappa shape index (κ3) is 4.12. The second kappa shape index (κ2) is 8.06. The maximum absolute atomic E-state index is 10.6. The summed E-state index contributed by atoms with van der Waals surface area (Å²) in [4.78, 5) is 17.5. The minimum Gasteiger partial charge on any atom is -0.387 e. The van der Waals surface area contributed by atoms with Crippen molar-refractivity contribution in [3.8, 4) is 0 Å². The van der Waals surface area contributed by atoms with Crippen LogP contribution in [-0.2, 0) is 4.74 Å². The molecule has 27 heavy (non-hydrogen) atoms. The van der Waals surface area contributed by atoms with Gasteiger partial charge >= 0.3 is 0 Å². The number of nitrogen functional groups attached to an aromatic ring is 1. The van der Waals surface area contributed by atoms with E-state index in [-0.39, 0.29) is 5.92 Å². The van der Waals surface area contributed by atoms with Crippen LogP contribution in [0.4, 0.5) is 17.6 Å². The van der Waals surface area contributed by atoms with Crippen molar-refractivity contribution in [2.24, 2.45) is 5.92 Å². The second-order valence-corrected chi connectivity index (χ2v) is 7.07. The molecule has 0 amide bonds. The first kappa shape index (κ1) is 17.9. The van der Waals surface area contributed by atoms with Crippen molar-refractivity contribution >= 4 is 17.6 Å². The van der Waals surface area contributed by atoms with Gasteiger partial charge in [-0.3, -0.25) is 4.98 Å². The number of nitrogens with two attached hydrogens (primary N) is 1. The van der Waals surface area contributed by atoms with Crippen LogP contribution in [0.3, 0.4) is 0 Å². The summed E-state index contributed by atoms with van der Waals surface area (Å²) < 4.78 is 5.41. The largest absolute Gasteiger partial charge is 0.387 e. The van der Waals surface area contributed by atoms with Crippen LogP contribution in [0.1, 0.15) is 24.6 Å². The van der Waals surface area contributed by atoms with E-state index in [0.717, 1.165) is 56.4 Å². The van der Waals surface area contributed by atoms with Gasteiger partial charge in [0.2, 0.25) is 5.95 Å². The van der Waals surface area contributed by atoms with Gasteiger partial charge in [0.15, 0.2) is 0 Å². The number of aliphatic hydroxyl groups is 1. The molecule has 0 aliphatic carbocycles. The number of morpholine rings is 1. The maximum atomic E-state index is 10.6. The van der Waals surface area contributed by atoms with Gasteiger partial charge in [0.05, 0.1) is 25.0 Å². The third-order valence-electron chi connectivity index (χ3n) is 5.35. The quantitative estimate of drug-likeness (QED) is 0.829. The van der Waals surface area contributed by atoms with Gasteiger partial charge in [0.1, 0.15) is 11.6 Å². The highest BCUT2D eigenvalue weighted by atomic mass is 16.5. The van der Waals surface area contributed by atoms with Gasteiger partial charge in [-0.2, -0.15) is 9.97 Å². The number of anilines is 3. The summed E-state index contributed by atoms with van der Waals surface area (Å²) in [6.07, 6.45) is 2.97. The van der Waals surface area contributed by atoms with Crippen LogP contribution in [0.15, 0.2) is 30.5 Å². The van der Waals surface area contributed by atoms with Gasteiger partial charge in [-0.25, -0.2) is 0 Å². The van der Waals surface area contributed by atoms with E-state index in [0.29, 0.717) is 19.2 Å². The molecule has 8 nitrogen and oxygen atoms in total. The first-order valence-corrected chi connectivity index (χ1v) is 9.52. The predicted octanol–water partition coefficient (Wildman–Crippen LogP) is 1.24. The smallest absolute Gasteiger partial charge is 0.223 e. The Morgan fingerprint density at radius 1 is 1.04 bits per heavy atom. The standard InChI is InChI=1S/C19H26N6O2/c20-19-22-16(13-17(23-19)25-9-11-27-12-10-25)24-7-4-14(5-8-24)18(26)15-3-1-2-6-21-15/h1-3,6,13-14,18,26H,4-5,7-12H2,(H2,20,22,23)/t18-/m1/s1. The van der Waals surface area contributed by atoms with E-state index in [4.69, 9.17) is 10.5 Å². The Balaban J connectivity index is 1.42. The van der Waals surface area contributed by atoms with E-state index in [2.05, 4.69) is 24.8 Å². The summed E-state index contributed by atoms with van der Waals surface area (Å²) in [6.45, 7) is 4.69. The van der Waals surface area contributed by atoms with Gasteiger partial charge in [0, 0.05) is 38.4 Å². The lowest BCUT2D eigenvalue weighted by molar-refractivity contribution is 0.0890. The number of piperidine rings is 1. The van der Waals surface area contributed by atoms with Crippen LogP contribution in [0.2, 0.25) is 0 Å². The first-order valence-electron chi connectivity index (χ1n) is 9.52. The number of pyridine rings is 1. The number of ether oxygens (including phenoxy) is 1. The molecule has 4 rings (SSSR count). The van der Waals surface area contributed by atoms with E-state index in [1.54, 1.807) is 6.20 Å². The molecule has 0 saturated carbocycles. The van der Waals surface area contributed by atoms with Crippen molar-refractivity contribution in [3.05, 3.63) is 36.2 Å². The topological polar surface area (TPSA) is 101 Å². The van der Waals surface area contributed by atoms with E-state index in [9.17, 15) is 5.11 Å². The highest BCUT2D eigenvalue weighted by Crippen LogP contribution is 2.32. The minimum atomic E-state index is -0.521. The van der Waals surface area contributed by atoms with Crippen molar-refractivity contribution in [2.45, 2.75) is 18.9 Å². The average molecular weight is 370 g/mol. The number of hydrogen-bond acceptors (Lipinski definition) is 8. The number of aromatic nitrogens is 3. The summed E-state index contributed by atoms with van der Waals surface area (Å²) >= 11 is 0. The van der Waals surface area contributed by atoms with Gasteiger partial charge in [0.25, 0.3) is 0 Å². The Morgan fingerprint density at radius 3 is 2.33 bits per heavy atom. The normalized spacial score (nSPS) is 19.9. The van der Waals surface area contributed by atoms with Crippen LogP contribution in [-0.4, -0.2) is 59.5 Å². The predicted molar refractivity (Wildman–Crippen MR) is 104 cm³/mol. The molecule has 2 aliphatic rings. The Morgan fingerprint density at radius 2 is 1.70 bits per heavy atom. The molecule has 0 spiro atoms. The zero-order chi connectivity index (χ0) is 18.6. The molecule has 0 unspecified atom stereocenters. The Labute approximate surface area is 159 Å². The number of hydrogen-bond donors (Lipinski definition) is 2. The van der Waals surface area contributed by atoms with E-state index in [1.165, 1.54) is 0 Å². The molecule has 1 atom stereocenters. The Bertz CT molecular complexity index is 745. The SMILES string of the molecule is Nc1nc(N2CCOCC2)cc(N2CCC([C@@H](O)c3ccccn3)CC2)n1. The maximum Gasteiger partial charge on any atom is 0.223 e. The highest BCUT2D eigenvalue weighted by molar-refractivity contribution is 5.54. The van der Waals surface area contributed by atoms with Gasteiger partial charge in [-0.15, -0.1) is 0 Å². The van der Waals surface area contributed by atoms with E-state index >= 15 is 0 Å².